The molecule has 0 radical (unpaired) electrons. The van der Waals surface area contributed by atoms with E-state index < -0.39 is 0 Å². The van der Waals surface area contributed by atoms with E-state index in [0.717, 1.165) is 11.1 Å². The van der Waals surface area contributed by atoms with Crippen molar-refractivity contribution in [1.29, 1.82) is 0 Å². The van der Waals surface area contributed by atoms with Crippen molar-refractivity contribution < 1.29 is 19.0 Å². The highest BCUT2D eigenvalue weighted by atomic mass is 16.6. The van der Waals surface area contributed by atoms with Gasteiger partial charge in [-0.3, -0.25) is 0 Å². The summed E-state index contributed by atoms with van der Waals surface area (Å²) in [7, 11) is 0. The third-order valence-corrected chi connectivity index (χ3v) is 4.02. The van der Waals surface area contributed by atoms with E-state index in [1.54, 1.807) is 12.1 Å². The zero-order valence-corrected chi connectivity index (χ0v) is 13.8. The van der Waals surface area contributed by atoms with Crippen LogP contribution in [-0.2, 0) is 20.8 Å². The SMILES string of the molecule is Cc1ccc(C(=O)O[C@@H]2CO[C@@H](COCc3ccccc3)C2)cc1. The minimum Gasteiger partial charge on any atom is -0.456 e. The van der Waals surface area contributed by atoms with Crippen molar-refractivity contribution in [2.75, 3.05) is 13.2 Å². The number of carbonyl (C=O) groups is 1. The Morgan fingerprint density at radius 2 is 1.88 bits per heavy atom. The molecule has 0 spiro atoms. The normalized spacial score (nSPS) is 20.0. The summed E-state index contributed by atoms with van der Waals surface area (Å²) in [4.78, 5) is 12.1. The first-order valence-electron chi connectivity index (χ1n) is 8.21. The van der Waals surface area contributed by atoms with Crippen LogP contribution in [0, 0.1) is 6.92 Å². The molecule has 1 aliphatic heterocycles. The van der Waals surface area contributed by atoms with Crippen molar-refractivity contribution in [3.05, 3.63) is 71.3 Å². The molecule has 3 rings (SSSR count). The molecule has 0 aliphatic carbocycles. The van der Waals surface area contributed by atoms with E-state index in [-0.39, 0.29) is 18.2 Å². The van der Waals surface area contributed by atoms with E-state index in [2.05, 4.69) is 0 Å². The second kappa shape index (κ2) is 8.08. The van der Waals surface area contributed by atoms with Gasteiger partial charge in [-0.05, 0) is 24.6 Å². The third kappa shape index (κ3) is 4.66. The Morgan fingerprint density at radius 1 is 1.12 bits per heavy atom. The van der Waals surface area contributed by atoms with Crippen LogP contribution in [0.5, 0.6) is 0 Å². The molecule has 2 atom stereocenters. The largest absolute Gasteiger partial charge is 0.456 e. The highest BCUT2D eigenvalue weighted by Crippen LogP contribution is 2.19. The maximum Gasteiger partial charge on any atom is 0.338 e. The van der Waals surface area contributed by atoms with Crippen molar-refractivity contribution in [3.63, 3.8) is 0 Å². The Balaban J connectivity index is 1.40. The Bertz CT molecular complexity index is 651. The molecular formula is C20H22O4. The zero-order chi connectivity index (χ0) is 16.8. The highest BCUT2D eigenvalue weighted by molar-refractivity contribution is 5.89. The third-order valence-electron chi connectivity index (χ3n) is 4.02. The molecule has 1 saturated heterocycles. The van der Waals surface area contributed by atoms with Gasteiger partial charge in [-0.15, -0.1) is 0 Å². The van der Waals surface area contributed by atoms with Gasteiger partial charge in [0.25, 0.3) is 0 Å². The summed E-state index contributed by atoms with van der Waals surface area (Å²) >= 11 is 0. The molecule has 1 heterocycles. The number of benzene rings is 2. The second-order valence-electron chi connectivity index (χ2n) is 6.09. The van der Waals surface area contributed by atoms with Crippen molar-refractivity contribution in [3.8, 4) is 0 Å². The average molecular weight is 326 g/mol. The molecule has 126 valence electrons. The van der Waals surface area contributed by atoms with Crippen LogP contribution in [0.3, 0.4) is 0 Å². The van der Waals surface area contributed by atoms with Crippen LogP contribution >= 0.6 is 0 Å². The monoisotopic (exact) mass is 326 g/mol. The van der Waals surface area contributed by atoms with Gasteiger partial charge in [0.2, 0.25) is 0 Å². The maximum atomic E-state index is 12.1. The topological polar surface area (TPSA) is 44.8 Å². The number of aryl methyl sites for hydroxylation is 1. The fourth-order valence-electron chi connectivity index (χ4n) is 2.66. The van der Waals surface area contributed by atoms with E-state index in [9.17, 15) is 4.79 Å². The summed E-state index contributed by atoms with van der Waals surface area (Å²) in [6.07, 6.45) is 0.445. The van der Waals surface area contributed by atoms with Gasteiger partial charge in [0.1, 0.15) is 6.10 Å². The minimum absolute atomic E-state index is 0.0236. The summed E-state index contributed by atoms with van der Waals surface area (Å²) in [5.74, 6) is -0.297. The molecule has 0 amide bonds. The fraction of sp³-hybridized carbons (Fsp3) is 0.350. The maximum absolute atomic E-state index is 12.1. The van der Waals surface area contributed by atoms with Gasteiger partial charge in [0.15, 0.2) is 0 Å². The molecule has 1 fully saturated rings. The molecule has 4 nitrogen and oxygen atoms in total. The molecule has 2 aromatic rings. The van der Waals surface area contributed by atoms with Crippen LogP contribution < -0.4 is 0 Å². The van der Waals surface area contributed by atoms with Crippen LogP contribution in [0.15, 0.2) is 54.6 Å². The number of hydrogen-bond donors (Lipinski definition) is 0. The number of hydrogen-bond acceptors (Lipinski definition) is 4. The summed E-state index contributed by atoms with van der Waals surface area (Å²) in [5.41, 5.74) is 2.83. The zero-order valence-electron chi connectivity index (χ0n) is 13.8. The van der Waals surface area contributed by atoms with Crippen molar-refractivity contribution in [2.45, 2.75) is 32.2 Å². The number of ether oxygens (including phenoxy) is 3. The number of esters is 1. The first kappa shape index (κ1) is 16.7. The Morgan fingerprint density at radius 3 is 2.62 bits per heavy atom. The molecule has 0 bridgehead atoms. The lowest BCUT2D eigenvalue weighted by atomic mass is 10.1. The van der Waals surface area contributed by atoms with Crippen LogP contribution in [0.2, 0.25) is 0 Å². The molecule has 1 aliphatic rings. The van der Waals surface area contributed by atoms with Gasteiger partial charge in [-0.25, -0.2) is 4.79 Å². The predicted molar refractivity (Wildman–Crippen MR) is 90.8 cm³/mol. The van der Waals surface area contributed by atoms with E-state index in [0.29, 0.717) is 31.8 Å². The van der Waals surface area contributed by atoms with Gasteiger partial charge in [-0.2, -0.15) is 0 Å². The standard InChI is InChI=1S/C20H22O4/c1-15-7-9-17(10-8-15)20(21)24-19-11-18(23-14-19)13-22-12-16-5-3-2-4-6-16/h2-10,18-19H,11-14H2,1H3/t18-,19+/m1/s1. The van der Waals surface area contributed by atoms with Gasteiger partial charge < -0.3 is 14.2 Å². The van der Waals surface area contributed by atoms with Gasteiger partial charge in [0.05, 0.1) is 31.5 Å². The lowest BCUT2D eigenvalue weighted by Gasteiger charge is -2.11. The van der Waals surface area contributed by atoms with Crippen LogP contribution in [0.25, 0.3) is 0 Å². The van der Waals surface area contributed by atoms with Crippen LogP contribution in [-0.4, -0.2) is 31.4 Å². The predicted octanol–water partition coefficient (Wildman–Crippen LogP) is 3.53. The first-order valence-corrected chi connectivity index (χ1v) is 8.21. The molecule has 0 aromatic heterocycles. The molecule has 0 N–H and O–H groups in total. The Labute approximate surface area is 142 Å². The van der Waals surface area contributed by atoms with E-state index >= 15 is 0 Å². The minimum atomic E-state index is -0.297. The van der Waals surface area contributed by atoms with Crippen molar-refractivity contribution in [2.24, 2.45) is 0 Å². The lowest BCUT2D eigenvalue weighted by molar-refractivity contribution is 0.00522. The highest BCUT2D eigenvalue weighted by Gasteiger charge is 2.28. The van der Waals surface area contributed by atoms with Gasteiger partial charge in [-0.1, -0.05) is 48.0 Å². The number of rotatable bonds is 6. The molecule has 24 heavy (non-hydrogen) atoms. The smallest absolute Gasteiger partial charge is 0.338 e. The van der Waals surface area contributed by atoms with E-state index in [4.69, 9.17) is 14.2 Å². The van der Waals surface area contributed by atoms with Crippen molar-refractivity contribution >= 4 is 5.97 Å². The molecule has 0 unspecified atom stereocenters. The molecular weight excluding hydrogens is 304 g/mol. The van der Waals surface area contributed by atoms with Gasteiger partial charge in [0, 0.05) is 6.42 Å². The van der Waals surface area contributed by atoms with Gasteiger partial charge >= 0.3 is 5.97 Å². The number of carbonyl (C=O) groups excluding carboxylic acids is 1. The Kier molecular flexibility index (Phi) is 5.62. The quantitative estimate of drug-likeness (QED) is 0.762. The lowest BCUT2D eigenvalue weighted by Crippen LogP contribution is -2.19. The van der Waals surface area contributed by atoms with E-state index in [1.807, 2.05) is 49.4 Å². The average Bonchev–Trinajstić information content (AvgIpc) is 3.04. The summed E-state index contributed by atoms with van der Waals surface area (Å²) < 4.78 is 16.9. The Hall–Kier alpha value is -2.17. The fourth-order valence-corrected chi connectivity index (χ4v) is 2.66. The summed E-state index contributed by atoms with van der Waals surface area (Å²) in [6.45, 7) is 3.49. The molecule has 4 heteroatoms. The molecule has 2 aromatic carbocycles. The first-order chi connectivity index (χ1) is 11.7. The van der Waals surface area contributed by atoms with Crippen LogP contribution in [0.4, 0.5) is 0 Å². The summed E-state index contributed by atoms with van der Waals surface area (Å²) in [6, 6.07) is 17.4. The van der Waals surface area contributed by atoms with Crippen LogP contribution in [0.1, 0.15) is 27.9 Å². The second-order valence-corrected chi connectivity index (χ2v) is 6.09. The van der Waals surface area contributed by atoms with E-state index in [1.165, 1.54) is 0 Å². The summed E-state index contributed by atoms with van der Waals surface area (Å²) in [5, 5.41) is 0. The van der Waals surface area contributed by atoms with Crippen molar-refractivity contribution in [1.82, 2.24) is 0 Å². The molecule has 0 saturated carbocycles.